The number of nitrogens with one attached hydrogen (secondary N) is 2. The van der Waals surface area contributed by atoms with E-state index in [0.717, 1.165) is 0 Å². The Hall–Kier alpha value is -2.54. The van der Waals surface area contributed by atoms with Gasteiger partial charge in [0.15, 0.2) is 0 Å². The second-order valence-electron chi connectivity index (χ2n) is 10.2. The number of amides is 4. The number of sulfonamides is 2. The molecule has 0 atom stereocenters. The summed E-state index contributed by atoms with van der Waals surface area (Å²) in [6, 6.07) is 9.93. The highest BCUT2D eigenvalue weighted by molar-refractivity contribution is 7.90. The van der Waals surface area contributed by atoms with Crippen molar-refractivity contribution < 1.29 is 26.4 Å². The second-order valence-corrected chi connectivity index (χ2v) is 15.0. The number of carbonyl (C=O) groups excluding carboxylic acids is 2. The number of halogens is 2. The van der Waals surface area contributed by atoms with E-state index in [1.165, 1.54) is 62.6 Å². The Labute approximate surface area is 235 Å². The van der Waals surface area contributed by atoms with Crippen molar-refractivity contribution in [2.75, 3.05) is 14.1 Å². The van der Waals surface area contributed by atoms with Crippen molar-refractivity contribution in [1.82, 2.24) is 19.2 Å². The molecule has 2 aromatic rings. The van der Waals surface area contributed by atoms with Crippen LogP contribution in [-0.4, -0.2) is 62.7 Å². The molecule has 0 saturated heterocycles. The first kappa shape index (κ1) is 33.5. The van der Waals surface area contributed by atoms with Crippen LogP contribution in [0.5, 0.6) is 0 Å². The summed E-state index contributed by atoms with van der Waals surface area (Å²) in [6.07, 6.45) is 0. The fourth-order valence-electron chi connectivity index (χ4n) is 2.55. The highest BCUT2D eigenvalue weighted by Crippen LogP contribution is 2.19. The standard InChI is InChI=1S/2C12H17ClN2O3S/c2*1-12(2,3)14-11(16)15(4)19(17,18)10-7-5-9(13)6-8-10/h2*5-8H,1-4H3,(H,14,16). The van der Waals surface area contributed by atoms with Crippen molar-refractivity contribution in [1.29, 1.82) is 0 Å². The Balaban J connectivity index is 0.000000380. The maximum Gasteiger partial charge on any atom is 0.331 e. The number of benzene rings is 2. The van der Waals surface area contributed by atoms with E-state index in [0.29, 0.717) is 18.7 Å². The summed E-state index contributed by atoms with van der Waals surface area (Å²) in [7, 11) is -5.30. The summed E-state index contributed by atoms with van der Waals surface area (Å²) in [6.45, 7) is 10.6. The van der Waals surface area contributed by atoms with E-state index in [2.05, 4.69) is 10.6 Å². The lowest BCUT2D eigenvalue weighted by Gasteiger charge is -2.25. The van der Waals surface area contributed by atoms with Gasteiger partial charge in [0.1, 0.15) is 0 Å². The molecule has 0 heterocycles. The van der Waals surface area contributed by atoms with Gasteiger partial charge >= 0.3 is 12.1 Å². The minimum absolute atomic E-state index is 0.0171. The Morgan fingerprint density at radius 3 is 1.05 bits per heavy atom. The van der Waals surface area contributed by atoms with Crippen LogP contribution in [0.15, 0.2) is 58.3 Å². The van der Waals surface area contributed by atoms with Gasteiger partial charge in [0, 0.05) is 35.2 Å². The zero-order valence-electron chi connectivity index (χ0n) is 22.5. The fourth-order valence-corrected chi connectivity index (χ4v) is 4.92. The smallest absolute Gasteiger partial charge is 0.331 e. The minimum atomic E-state index is -3.86. The average Bonchev–Trinajstić information content (AvgIpc) is 2.76. The van der Waals surface area contributed by atoms with Gasteiger partial charge in [-0.1, -0.05) is 23.2 Å². The summed E-state index contributed by atoms with van der Waals surface area (Å²) >= 11 is 11.4. The number of hydrogen-bond donors (Lipinski definition) is 2. The molecule has 0 aliphatic heterocycles. The lowest BCUT2D eigenvalue weighted by Crippen LogP contribution is -2.48. The van der Waals surface area contributed by atoms with Gasteiger partial charge in [0.2, 0.25) is 0 Å². The maximum atomic E-state index is 12.2. The quantitative estimate of drug-likeness (QED) is 0.505. The number of carbonyl (C=O) groups is 2. The van der Waals surface area contributed by atoms with Crippen molar-refractivity contribution in [2.24, 2.45) is 0 Å². The van der Waals surface area contributed by atoms with E-state index in [9.17, 15) is 26.4 Å². The Kier molecular flexibility index (Phi) is 11.1. The molecule has 0 aliphatic carbocycles. The molecule has 0 aliphatic rings. The van der Waals surface area contributed by atoms with Crippen LogP contribution in [0.1, 0.15) is 41.5 Å². The maximum absolute atomic E-state index is 12.2. The molecule has 2 N–H and O–H groups in total. The molecule has 38 heavy (non-hydrogen) atoms. The molecule has 2 aromatic carbocycles. The van der Waals surface area contributed by atoms with E-state index < -0.39 is 43.2 Å². The fraction of sp³-hybridized carbons (Fsp3) is 0.417. The van der Waals surface area contributed by atoms with Crippen LogP contribution < -0.4 is 10.6 Å². The first-order chi connectivity index (χ1) is 17.1. The van der Waals surface area contributed by atoms with Gasteiger partial charge in [-0.3, -0.25) is 0 Å². The van der Waals surface area contributed by atoms with Gasteiger partial charge < -0.3 is 10.6 Å². The summed E-state index contributed by atoms with van der Waals surface area (Å²) in [5, 5.41) is 6.04. The summed E-state index contributed by atoms with van der Waals surface area (Å²) in [5.41, 5.74) is -1.03. The molecule has 0 saturated carbocycles. The molecule has 0 aromatic heterocycles. The average molecular weight is 610 g/mol. The zero-order valence-corrected chi connectivity index (χ0v) is 25.7. The monoisotopic (exact) mass is 608 g/mol. The Morgan fingerprint density at radius 1 is 0.605 bits per heavy atom. The number of urea groups is 2. The first-order valence-corrected chi connectivity index (χ1v) is 14.8. The van der Waals surface area contributed by atoms with Crippen molar-refractivity contribution in [3.05, 3.63) is 58.6 Å². The van der Waals surface area contributed by atoms with Gasteiger partial charge in [-0.25, -0.2) is 35.0 Å². The van der Waals surface area contributed by atoms with Crippen LogP contribution in [0.4, 0.5) is 9.59 Å². The lowest BCUT2D eigenvalue weighted by atomic mass is 10.1. The van der Waals surface area contributed by atoms with E-state index >= 15 is 0 Å². The van der Waals surface area contributed by atoms with Gasteiger partial charge in [0.25, 0.3) is 20.0 Å². The third kappa shape index (κ3) is 9.97. The SMILES string of the molecule is CN(C(=O)NC(C)(C)C)S(=O)(=O)c1ccc(Cl)cc1.CN(C(=O)NC(C)(C)C)S(=O)(=O)c1ccc(Cl)cc1. The Bertz CT molecular complexity index is 1230. The number of hydrogen-bond acceptors (Lipinski definition) is 6. The van der Waals surface area contributed by atoms with E-state index in [4.69, 9.17) is 23.2 Å². The van der Waals surface area contributed by atoms with Crippen LogP contribution >= 0.6 is 23.2 Å². The van der Waals surface area contributed by atoms with Crippen LogP contribution in [0.2, 0.25) is 10.0 Å². The molecular weight excluding hydrogens is 575 g/mol. The van der Waals surface area contributed by atoms with Crippen LogP contribution in [0.25, 0.3) is 0 Å². The molecule has 10 nitrogen and oxygen atoms in total. The largest absolute Gasteiger partial charge is 0.333 e. The number of nitrogens with zero attached hydrogens (tertiary/aromatic N) is 2. The van der Waals surface area contributed by atoms with Crippen LogP contribution in [0.3, 0.4) is 0 Å². The Morgan fingerprint density at radius 2 is 0.842 bits per heavy atom. The van der Waals surface area contributed by atoms with Gasteiger partial charge in [-0.15, -0.1) is 0 Å². The highest BCUT2D eigenvalue weighted by Gasteiger charge is 2.29. The molecule has 14 heteroatoms. The zero-order chi connectivity index (χ0) is 29.7. The van der Waals surface area contributed by atoms with Crippen molar-refractivity contribution in [3.63, 3.8) is 0 Å². The second kappa shape index (κ2) is 12.5. The molecule has 0 fully saturated rings. The van der Waals surface area contributed by atoms with E-state index in [-0.39, 0.29) is 9.79 Å². The van der Waals surface area contributed by atoms with Crippen molar-refractivity contribution >= 4 is 55.3 Å². The molecule has 2 rings (SSSR count). The molecule has 4 amide bonds. The molecule has 212 valence electrons. The third-order valence-corrected chi connectivity index (χ3v) is 8.49. The molecule has 0 radical (unpaired) electrons. The van der Waals surface area contributed by atoms with Gasteiger partial charge in [-0.2, -0.15) is 0 Å². The van der Waals surface area contributed by atoms with E-state index in [1.54, 1.807) is 41.5 Å². The molecule has 0 bridgehead atoms. The van der Waals surface area contributed by atoms with Crippen LogP contribution in [0, 0.1) is 0 Å². The number of rotatable bonds is 4. The van der Waals surface area contributed by atoms with Crippen molar-refractivity contribution in [2.45, 2.75) is 62.4 Å². The predicted molar refractivity (Wildman–Crippen MR) is 149 cm³/mol. The molecule has 0 spiro atoms. The predicted octanol–water partition coefficient (Wildman–Crippen LogP) is 4.94. The van der Waals surface area contributed by atoms with E-state index in [1.807, 2.05) is 0 Å². The first-order valence-electron chi connectivity index (χ1n) is 11.2. The van der Waals surface area contributed by atoms with Gasteiger partial charge in [0.05, 0.1) is 9.79 Å². The summed E-state index contributed by atoms with van der Waals surface area (Å²) < 4.78 is 50.1. The molecular formula is C24H34Cl2N4O6S2. The lowest BCUT2D eigenvalue weighted by molar-refractivity contribution is 0.217. The minimum Gasteiger partial charge on any atom is -0.333 e. The molecule has 0 unspecified atom stereocenters. The topological polar surface area (TPSA) is 133 Å². The third-order valence-electron chi connectivity index (χ3n) is 4.48. The summed E-state index contributed by atoms with van der Waals surface area (Å²) in [4.78, 5) is 23.7. The normalized spacial score (nSPS) is 12.1. The summed E-state index contributed by atoms with van der Waals surface area (Å²) in [5.74, 6) is 0. The van der Waals surface area contributed by atoms with Crippen LogP contribution in [-0.2, 0) is 20.0 Å². The van der Waals surface area contributed by atoms with Crippen molar-refractivity contribution in [3.8, 4) is 0 Å². The highest BCUT2D eigenvalue weighted by atomic mass is 35.5. The van der Waals surface area contributed by atoms with Gasteiger partial charge in [-0.05, 0) is 90.1 Å².